The topological polar surface area (TPSA) is 51.8 Å². The highest BCUT2D eigenvalue weighted by Crippen LogP contribution is 2.72. The Morgan fingerprint density at radius 3 is 1.71 bits per heavy atom. The third-order valence-corrected chi connectivity index (χ3v) is 12.4. The molecule has 1 spiro atoms. The second-order valence-electron chi connectivity index (χ2n) is 15.0. The molecule has 7 aromatic carbocycles. The molecule has 0 N–H and O–H groups in total. The summed E-state index contributed by atoms with van der Waals surface area (Å²) >= 11 is 0. The van der Waals surface area contributed by atoms with E-state index in [1.807, 2.05) is 36.4 Å². The molecule has 0 radical (unpaired) electrons. The van der Waals surface area contributed by atoms with E-state index in [1.54, 1.807) is 0 Å². The maximum atomic E-state index is 6.55. The van der Waals surface area contributed by atoms with Gasteiger partial charge in [0.1, 0.15) is 11.2 Å². The van der Waals surface area contributed by atoms with Crippen molar-refractivity contribution in [1.29, 1.82) is 0 Å². The lowest BCUT2D eigenvalue weighted by Crippen LogP contribution is -2.47. The zero-order valence-corrected chi connectivity index (χ0v) is 30.4. The third-order valence-electron chi connectivity index (χ3n) is 12.4. The lowest BCUT2D eigenvalue weighted by atomic mass is 9.52. The van der Waals surface area contributed by atoms with Crippen LogP contribution in [-0.2, 0) is 10.8 Å². The lowest BCUT2D eigenvalue weighted by Gasteiger charge is -2.48. The molecular formula is C52H33N3O. The minimum absolute atomic E-state index is 0.512. The second kappa shape index (κ2) is 11.7. The van der Waals surface area contributed by atoms with Crippen LogP contribution in [0.25, 0.3) is 72.8 Å². The lowest BCUT2D eigenvalue weighted by molar-refractivity contribution is 0.413. The Morgan fingerprint density at radius 2 is 0.964 bits per heavy atom. The van der Waals surface area contributed by atoms with Gasteiger partial charge in [0.15, 0.2) is 17.5 Å². The highest BCUT2D eigenvalue weighted by molar-refractivity contribution is 6.09. The van der Waals surface area contributed by atoms with Crippen LogP contribution in [0.3, 0.4) is 0 Å². The van der Waals surface area contributed by atoms with Crippen molar-refractivity contribution in [1.82, 2.24) is 15.0 Å². The van der Waals surface area contributed by atoms with Crippen LogP contribution in [-0.4, -0.2) is 15.0 Å². The van der Waals surface area contributed by atoms with E-state index >= 15 is 0 Å². The van der Waals surface area contributed by atoms with E-state index in [1.165, 1.54) is 44.5 Å². The maximum Gasteiger partial charge on any atom is 0.167 e. The molecule has 0 saturated carbocycles. The van der Waals surface area contributed by atoms with Gasteiger partial charge in [-0.2, -0.15) is 0 Å². The smallest absolute Gasteiger partial charge is 0.167 e. The molecule has 1 atom stereocenters. The summed E-state index contributed by atoms with van der Waals surface area (Å²) < 4.78 is 6.55. The van der Waals surface area contributed by atoms with Crippen molar-refractivity contribution < 1.29 is 4.42 Å². The van der Waals surface area contributed by atoms with E-state index in [2.05, 4.69) is 152 Å². The minimum atomic E-state index is -0.525. The van der Waals surface area contributed by atoms with Gasteiger partial charge in [-0.15, -0.1) is 0 Å². The molecule has 4 heteroatoms. The molecule has 0 amide bonds. The molecular weight excluding hydrogens is 683 g/mol. The quantitative estimate of drug-likeness (QED) is 0.182. The molecule has 56 heavy (non-hydrogen) atoms. The first-order valence-electron chi connectivity index (χ1n) is 19.3. The van der Waals surface area contributed by atoms with Gasteiger partial charge < -0.3 is 4.42 Å². The summed E-state index contributed by atoms with van der Waals surface area (Å²) in [4.78, 5) is 16.0. The monoisotopic (exact) mass is 715 g/mol. The number of aromatic nitrogens is 3. The maximum absolute atomic E-state index is 6.55. The number of furan rings is 1. The zero-order valence-electron chi connectivity index (χ0n) is 30.4. The SMILES string of the molecule is C1=CCC2(c3ccccc3-c3nc(-c4ccccc4)nc(-c4cccc5c4oc4ccccc45)n3)C(=C1)c1ccccc1C21c2ccccc2-c2ccccc21. The number of rotatable bonds is 4. The van der Waals surface area contributed by atoms with E-state index in [0.717, 1.165) is 45.0 Å². The molecule has 2 heterocycles. The average molecular weight is 716 g/mol. The van der Waals surface area contributed by atoms with Crippen molar-refractivity contribution in [2.24, 2.45) is 0 Å². The molecule has 9 aromatic rings. The molecule has 3 aliphatic carbocycles. The Labute approximate surface area is 324 Å². The van der Waals surface area contributed by atoms with Gasteiger partial charge >= 0.3 is 0 Å². The average Bonchev–Trinajstić information content (AvgIpc) is 3.90. The first-order chi connectivity index (χ1) is 27.8. The van der Waals surface area contributed by atoms with Crippen LogP contribution in [0, 0.1) is 0 Å². The number of allylic oxidation sites excluding steroid dienone is 4. The molecule has 1 unspecified atom stereocenters. The van der Waals surface area contributed by atoms with Gasteiger partial charge in [-0.1, -0.05) is 176 Å². The summed E-state index contributed by atoms with van der Waals surface area (Å²) in [5.41, 5.74) is 13.7. The zero-order chi connectivity index (χ0) is 36.8. The summed E-state index contributed by atoms with van der Waals surface area (Å²) in [6.07, 6.45) is 7.75. The molecule has 0 bridgehead atoms. The fourth-order valence-electron chi connectivity index (χ4n) is 10.4. The largest absolute Gasteiger partial charge is 0.455 e. The number of hydrogen-bond acceptors (Lipinski definition) is 4. The van der Waals surface area contributed by atoms with Crippen LogP contribution < -0.4 is 0 Å². The molecule has 3 aliphatic rings. The third kappa shape index (κ3) is 4.00. The van der Waals surface area contributed by atoms with Crippen LogP contribution in [0.2, 0.25) is 0 Å². The summed E-state index contributed by atoms with van der Waals surface area (Å²) in [5, 5.41) is 2.10. The van der Waals surface area contributed by atoms with Crippen LogP contribution in [0.15, 0.2) is 193 Å². The molecule has 0 fully saturated rings. The molecule has 2 aromatic heterocycles. The van der Waals surface area contributed by atoms with Gasteiger partial charge in [0.25, 0.3) is 0 Å². The van der Waals surface area contributed by atoms with E-state index in [4.69, 9.17) is 19.4 Å². The van der Waals surface area contributed by atoms with Gasteiger partial charge in [-0.25, -0.2) is 15.0 Å². The van der Waals surface area contributed by atoms with Gasteiger partial charge in [-0.05, 0) is 63.1 Å². The Balaban J connectivity index is 1.18. The minimum Gasteiger partial charge on any atom is -0.455 e. The van der Waals surface area contributed by atoms with Gasteiger partial charge in [-0.3, -0.25) is 0 Å². The summed E-state index contributed by atoms with van der Waals surface area (Å²) in [7, 11) is 0. The standard InChI is InChI=1S/C52H33N3O/c1-2-17-33(18-3-1)48-53-49(55-50(54-48)40-25-16-24-37-36-21-8-13-31-46(36)56-47(37)40)39-23-7-9-26-42(39)51-32-15-14-27-41(51)38-22-6-12-30-45(38)52(51)43-28-10-4-19-34(43)35-20-5-11-29-44(35)52/h1-31H,32H2. The Morgan fingerprint density at radius 1 is 0.429 bits per heavy atom. The fraction of sp³-hybridized carbons (Fsp3) is 0.0577. The molecule has 4 nitrogen and oxygen atoms in total. The van der Waals surface area contributed by atoms with Gasteiger partial charge in [0.05, 0.1) is 11.0 Å². The van der Waals surface area contributed by atoms with E-state index < -0.39 is 10.8 Å². The highest BCUT2D eigenvalue weighted by atomic mass is 16.3. The normalized spacial score (nSPS) is 17.1. The summed E-state index contributed by atoms with van der Waals surface area (Å²) in [6, 6.07) is 60.6. The second-order valence-corrected chi connectivity index (χ2v) is 15.0. The van der Waals surface area contributed by atoms with Crippen molar-refractivity contribution in [2.45, 2.75) is 17.3 Å². The summed E-state index contributed by atoms with van der Waals surface area (Å²) in [6.45, 7) is 0. The fourth-order valence-corrected chi connectivity index (χ4v) is 10.4. The van der Waals surface area contributed by atoms with Gasteiger partial charge in [0, 0.05) is 27.3 Å². The number of hydrogen-bond donors (Lipinski definition) is 0. The van der Waals surface area contributed by atoms with Crippen molar-refractivity contribution in [3.05, 3.63) is 216 Å². The molecule has 0 saturated heterocycles. The number of para-hydroxylation sites is 2. The van der Waals surface area contributed by atoms with Crippen molar-refractivity contribution in [3.63, 3.8) is 0 Å². The van der Waals surface area contributed by atoms with Gasteiger partial charge in [0.2, 0.25) is 0 Å². The van der Waals surface area contributed by atoms with E-state index in [9.17, 15) is 0 Å². The van der Waals surface area contributed by atoms with Crippen molar-refractivity contribution in [3.8, 4) is 45.3 Å². The predicted octanol–water partition coefficient (Wildman–Crippen LogP) is 12.4. The van der Waals surface area contributed by atoms with Crippen LogP contribution >= 0.6 is 0 Å². The Bertz CT molecular complexity index is 3090. The van der Waals surface area contributed by atoms with E-state index in [0.29, 0.717) is 17.5 Å². The van der Waals surface area contributed by atoms with Crippen molar-refractivity contribution >= 4 is 27.5 Å². The molecule has 12 rings (SSSR count). The predicted molar refractivity (Wildman–Crippen MR) is 225 cm³/mol. The van der Waals surface area contributed by atoms with Crippen LogP contribution in [0.1, 0.15) is 34.2 Å². The first-order valence-corrected chi connectivity index (χ1v) is 19.3. The number of fused-ring (bicyclic) bond motifs is 13. The Kier molecular flexibility index (Phi) is 6.50. The molecule has 262 valence electrons. The number of benzene rings is 7. The molecule has 0 aliphatic heterocycles. The first kappa shape index (κ1) is 31.2. The van der Waals surface area contributed by atoms with E-state index in [-0.39, 0.29) is 0 Å². The van der Waals surface area contributed by atoms with Crippen LogP contribution in [0.5, 0.6) is 0 Å². The van der Waals surface area contributed by atoms with Crippen molar-refractivity contribution in [2.75, 3.05) is 0 Å². The Hall–Kier alpha value is -7.17. The summed E-state index contributed by atoms with van der Waals surface area (Å²) in [5.74, 6) is 1.82. The highest BCUT2D eigenvalue weighted by Gasteiger charge is 2.66. The number of nitrogens with zero attached hydrogens (tertiary/aromatic N) is 3. The van der Waals surface area contributed by atoms with Crippen LogP contribution in [0.4, 0.5) is 0 Å².